The Bertz CT molecular complexity index is 294. The second kappa shape index (κ2) is 25.1. The summed E-state index contributed by atoms with van der Waals surface area (Å²) in [7, 11) is -4.64. The molecule has 4 N–H and O–H groups in total. The van der Waals surface area contributed by atoms with E-state index in [1.54, 1.807) is 0 Å². The van der Waals surface area contributed by atoms with Gasteiger partial charge in [0.2, 0.25) is 0 Å². The number of aliphatic hydroxyl groups is 1. The zero-order valence-electron chi connectivity index (χ0n) is 18.2. The molecule has 0 aliphatic heterocycles. The van der Waals surface area contributed by atoms with Crippen LogP contribution in [0.2, 0.25) is 0 Å². The molecule has 172 valence electrons. The number of hydrogen-bond acceptors (Lipinski definition) is 3. The molecule has 7 heteroatoms. The fourth-order valence-electron chi connectivity index (χ4n) is 3.02. The van der Waals surface area contributed by atoms with E-state index in [1.807, 2.05) is 0 Å². The second-order valence-electron chi connectivity index (χ2n) is 7.51. The van der Waals surface area contributed by atoms with Gasteiger partial charge < -0.3 is 24.5 Å². The number of phosphoric acid groups is 1. The Morgan fingerprint density at radius 2 is 0.857 bits per heavy atom. The molecule has 0 aliphatic rings. The van der Waals surface area contributed by atoms with Gasteiger partial charge in [0, 0.05) is 19.8 Å². The van der Waals surface area contributed by atoms with E-state index in [2.05, 4.69) is 6.92 Å². The van der Waals surface area contributed by atoms with Crippen molar-refractivity contribution in [1.29, 1.82) is 0 Å². The van der Waals surface area contributed by atoms with Crippen LogP contribution in [-0.2, 0) is 9.30 Å². The number of rotatable bonds is 20. The molecule has 0 atom stereocenters. The first kappa shape index (κ1) is 30.2. The maximum atomic E-state index is 8.88. The number of unbranched alkanes of at least 4 members (excludes halogenated alkanes) is 15. The third kappa shape index (κ3) is 40.6. The number of ether oxygens (including phenoxy) is 1. The molecule has 0 saturated carbocycles. The van der Waals surface area contributed by atoms with Crippen LogP contribution in [0.25, 0.3) is 0 Å². The minimum absolute atomic E-state index is 0.249. The van der Waals surface area contributed by atoms with Crippen molar-refractivity contribution in [3.05, 3.63) is 0 Å². The molecule has 0 radical (unpaired) electrons. The van der Waals surface area contributed by atoms with E-state index in [0.29, 0.717) is 0 Å². The Morgan fingerprint density at radius 3 is 1.18 bits per heavy atom. The molecule has 0 fully saturated rings. The lowest BCUT2D eigenvalue weighted by Gasteiger charge is -2.04. The van der Waals surface area contributed by atoms with Gasteiger partial charge in [0.1, 0.15) is 0 Å². The third-order valence-corrected chi connectivity index (χ3v) is 4.59. The molecule has 6 nitrogen and oxygen atoms in total. The highest BCUT2D eigenvalue weighted by Gasteiger charge is 2.00. The molecular formula is C21H47O6P. The van der Waals surface area contributed by atoms with Gasteiger partial charge in [-0.25, -0.2) is 4.57 Å². The SMILES string of the molecule is CCCCCCCCCCCCCCCCCCOCCCO.O=P(O)(O)O. The maximum Gasteiger partial charge on any atom is 0.466 e. The summed E-state index contributed by atoms with van der Waals surface area (Å²) in [5.74, 6) is 0. The smallest absolute Gasteiger partial charge is 0.396 e. The van der Waals surface area contributed by atoms with Gasteiger partial charge in [0.15, 0.2) is 0 Å². The van der Waals surface area contributed by atoms with Crippen LogP contribution in [0.3, 0.4) is 0 Å². The molecule has 0 heterocycles. The molecular weight excluding hydrogens is 379 g/mol. The van der Waals surface area contributed by atoms with E-state index < -0.39 is 7.82 Å². The third-order valence-electron chi connectivity index (χ3n) is 4.59. The van der Waals surface area contributed by atoms with E-state index in [-0.39, 0.29) is 6.61 Å². The molecule has 0 amide bonds. The molecule has 0 spiro atoms. The molecule has 0 unspecified atom stereocenters. The molecule has 0 aromatic rings. The molecule has 0 rings (SSSR count). The largest absolute Gasteiger partial charge is 0.466 e. The Kier molecular flexibility index (Phi) is 27.1. The summed E-state index contributed by atoms with van der Waals surface area (Å²) in [4.78, 5) is 21.6. The lowest BCUT2D eigenvalue weighted by molar-refractivity contribution is 0.112. The van der Waals surface area contributed by atoms with Crippen molar-refractivity contribution in [3.8, 4) is 0 Å². The van der Waals surface area contributed by atoms with Crippen LogP contribution in [0.4, 0.5) is 0 Å². The van der Waals surface area contributed by atoms with Crippen molar-refractivity contribution in [2.75, 3.05) is 19.8 Å². The lowest BCUT2D eigenvalue weighted by atomic mass is 10.0. The van der Waals surface area contributed by atoms with Crippen LogP contribution < -0.4 is 0 Å². The van der Waals surface area contributed by atoms with Gasteiger partial charge in [-0.05, 0) is 12.8 Å². The first-order valence-corrected chi connectivity index (χ1v) is 12.9. The van der Waals surface area contributed by atoms with Crippen molar-refractivity contribution >= 4 is 7.82 Å². The molecule has 0 aliphatic carbocycles. The zero-order valence-corrected chi connectivity index (χ0v) is 19.1. The van der Waals surface area contributed by atoms with Crippen LogP contribution in [0.1, 0.15) is 116 Å². The minimum Gasteiger partial charge on any atom is -0.396 e. The normalized spacial score (nSPS) is 11.3. The fourth-order valence-corrected chi connectivity index (χ4v) is 3.02. The first-order chi connectivity index (χ1) is 13.4. The monoisotopic (exact) mass is 426 g/mol. The van der Waals surface area contributed by atoms with Gasteiger partial charge in [-0.2, -0.15) is 0 Å². The van der Waals surface area contributed by atoms with Crippen LogP contribution >= 0.6 is 7.82 Å². The lowest BCUT2D eigenvalue weighted by Crippen LogP contribution is -1.98. The zero-order chi connectivity index (χ0) is 21.3. The van der Waals surface area contributed by atoms with Crippen LogP contribution in [0.5, 0.6) is 0 Å². The van der Waals surface area contributed by atoms with Crippen molar-refractivity contribution in [2.24, 2.45) is 0 Å². The molecule has 0 bridgehead atoms. The molecule has 0 aromatic heterocycles. The van der Waals surface area contributed by atoms with Gasteiger partial charge in [-0.1, -0.05) is 103 Å². The van der Waals surface area contributed by atoms with E-state index in [4.69, 9.17) is 29.1 Å². The van der Waals surface area contributed by atoms with E-state index in [1.165, 1.54) is 103 Å². The van der Waals surface area contributed by atoms with Crippen LogP contribution in [-0.4, -0.2) is 39.6 Å². The highest BCUT2D eigenvalue weighted by molar-refractivity contribution is 7.45. The van der Waals surface area contributed by atoms with Gasteiger partial charge >= 0.3 is 7.82 Å². The average Bonchev–Trinajstić information content (AvgIpc) is 2.62. The maximum absolute atomic E-state index is 8.88. The molecule has 0 aromatic carbocycles. The Labute approximate surface area is 173 Å². The quantitative estimate of drug-likeness (QED) is 0.147. The predicted molar refractivity (Wildman–Crippen MR) is 116 cm³/mol. The van der Waals surface area contributed by atoms with Gasteiger partial charge in [0.25, 0.3) is 0 Å². The highest BCUT2D eigenvalue weighted by atomic mass is 31.2. The molecule has 28 heavy (non-hydrogen) atoms. The Morgan fingerprint density at radius 1 is 0.571 bits per heavy atom. The summed E-state index contributed by atoms with van der Waals surface area (Å²) in [6.45, 7) is 4.13. The summed E-state index contributed by atoms with van der Waals surface area (Å²) in [6.07, 6.45) is 23.3. The topological polar surface area (TPSA) is 107 Å². The first-order valence-electron chi connectivity index (χ1n) is 11.4. The standard InChI is InChI=1S/C21H44O2.H3O4P/c1-2-3-4-5-6-7-8-9-10-11-12-13-14-15-16-17-20-23-21-18-19-22;1-5(2,3)4/h22H,2-21H2,1H3;(H3,1,2,3,4). The fraction of sp³-hybridized carbons (Fsp3) is 1.00. The summed E-state index contributed by atoms with van der Waals surface area (Å²) >= 11 is 0. The van der Waals surface area contributed by atoms with E-state index in [0.717, 1.165) is 19.6 Å². The van der Waals surface area contributed by atoms with Gasteiger partial charge in [-0.3, -0.25) is 0 Å². The predicted octanol–water partition coefficient (Wildman–Crippen LogP) is 5.72. The van der Waals surface area contributed by atoms with Gasteiger partial charge in [-0.15, -0.1) is 0 Å². The number of hydrogen-bond donors (Lipinski definition) is 4. The summed E-state index contributed by atoms with van der Waals surface area (Å²) in [5, 5.41) is 8.63. The van der Waals surface area contributed by atoms with Crippen molar-refractivity contribution in [2.45, 2.75) is 116 Å². The van der Waals surface area contributed by atoms with E-state index >= 15 is 0 Å². The second-order valence-corrected chi connectivity index (χ2v) is 8.53. The summed E-state index contributed by atoms with van der Waals surface area (Å²) in [6, 6.07) is 0. The van der Waals surface area contributed by atoms with Crippen molar-refractivity contribution in [3.63, 3.8) is 0 Å². The Hall–Kier alpha value is 0.0300. The highest BCUT2D eigenvalue weighted by Crippen LogP contribution is 2.25. The summed E-state index contributed by atoms with van der Waals surface area (Å²) < 4.78 is 14.3. The van der Waals surface area contributed by atoms with Crippen molar-refractivity contribution < 1.29 is 29.1 Å². The molecule has 0 saturated heterocycles. The van der Waals surface area contributed by atoms with Crippen LogP contribution in [0, 0.1) is 0 Å². The Balaban J connectivity index is 0. The van der Waals surface area contributed by atoms with Crippen LogP contribution in [0.15, 0.2) is 0 Å². The average molecular weight is 427 g/mol. The van der Waals surface area contributed by atoms with Crippen molar-refractivity contribution in [1.82, 2.24) is 0 Å². The van der Waals surface area contributed by atoms with Gasteiger partial charge in [0.05, 0.1) is 0 Å². The summed E-state index contributed by atoms with van der Waals surface area (Å²) in [5.41, 5.74) is 0. The number of aliphatic hydroxyl groups excluding tert-OH is 1. The minimum atomic E-state index is -4.64. The van der Waals surface area contributed by atoms with E-state index in [9.17, 15) is 0 Å².